The van der Waals surface area contributed by atoms with E-state index >= 15 is 0 Å². The van der Waals surface area contributed by atoms with Crippen molar-refractivity contribution in [3.8, 4) is 0 Å². The summed E-state index contributed by atoms with van der Waals surface area (Å²) in [6.45, 7) is 11.3. The van der Waals surface area contributed by atoms with Gasteiger partial charge in [0, 0.05) is 19.1 Å². The van der Waals surface area contributed by atoms with Crippen LogP contribution in [0, 0.1) is 5.92 Å². The second-order valence-corrected chi connectivity index (χ2v) is 6.24. The van der Waals surface area contributed by atoms with Crippen molar-refractivity contribution in [2.24, 2.45) is 5.92 Å². The van der Waals surface area contributed by atoms with Crippen LogP contribution in [-0.4, -0.2) is 60.5 Å². The first kappa shape index (κ1) is 15.8. The molecule has 0 aromatic rings. The Bertz CT molecular complexity index is 311. The van der Waals surface area contributed by atoms with Gasteiger partial charge in [-0.05, 0) is 72.0 Å². The van der Waals surface area contributed by atoms with Crippen molar-refractivity contribution in [2.45, 2.75) is 58.5 Å². The molecule has 2 saturated heterocycles. The third-order valence-electron chi connectivity index (χ3n) is 5.15. The number of hydrogen-bond donors (Lipinski definition) is 1. The summed E-state index contributed by atoms with van der Waals surface area (Å²) in [5.41, 5.74) is 0. The summed E-state index contributed by atoms with van der Waals surface area (Å²) in [6, 6.07) is 0.654. The van der Waals surface area contributed by atoms with Crippen molar-refractivity contribution < 1.29 is 4.79 Å². The fraction of sp³-hybridized carbons (Fsp3) is 0.938. The first-order chi connectivity index (χ1) is 9.69. The minimum absolute atomic E-state index is 0.0457. The molecule has 3 unspecified atom stereocenters. The van der Waals surface area contributed by atoms with E-state index in [1.165, 1.54) is 25.7 Å². The minimum atomic E-state index is 0.0457. The molecular formula is C16H31N3O. The summed E-state index contributed by atoms with van der Waals surface area (Å²) in [4.78, 5) is 17.0. The molecule has 0 radical (unpaired) electrons. The van der Waals surface area contributed by atoms with Gasteiger partial charge in [0.2, 0.25) is 5.91 Å². The number of carbonyl (C=O) groups is 1. The summed E-state index contributed by atoms with van der Waals surface area (Å²) in [7, 11) is 0. The van der Waals surface area contributed by atoms with E-state index in [1.807, 2.05) is 4.90 Å². The van der Waals surface area contributed by atoms with Crippen LogP contribution >= 0.6 is 0 Å². The molecule has 0 bridgehead atoms. The molecule has 2 rings (SSSR count). The van der Waals surface area contributed by atoms with Crippen LogP contribution in [-0.2, 0) is 4.79 Å². The Morgan fingerprint density at radius 3 is 2.65 bits per heavy atom. The average Bonchev–Trinajstić information content (AvgIpc) is 2.98. The maximum Gasteiger partial charge on any atom is 0.239 e. The zero-order chi connectivity index (χ0) is 14.5. The van der Waals surface area contributed by atoms with E-state index in [1.54, 1.807) is 0 Å². The summed E-state index contributed by atoms with van der Waals surface area (Å²) >= 11 is 0. The number of carbonyl (C=O) groups excluding carboxylic acids is 1. The Labute approximate surface area is 123 Å². The number of amides is 1. The van der Waals surface area contributed by atoms with Crippen LogP contribution in [0.4, 0.5) is 0 Å². The molecule has 2 fully saturated rings. The van der Waals surface area contributed by atoms with E-state index in [4.69, 9.17) is 0 Å². The average molecular weight is 281 g/mol. The van der Waals surface area contributed by atoms with E-state index < -0.39 is 0 Å². The molecule has 0 aromatic heterocycles. The Morgan fingerprint density at radius 1 is 1.30 bits per heavy atom. The lowest BCUT2D eigenvalue weighted by atomic mass is 9.89. The highest BCUT2D eigenvalue weighted by Crippen LogP contribution is 2.30. The Morgan fingerprint density at radius 2 is 2.05 bits per heavy atom. The SMILES string of the molecule is CCN(CC)C(=O)C(C)N1CCCC1C1CCCNC1. The molecule has 4 nitrogen and oxygen atoms in total. The van der Waals surface area contributed by atoms with Gasteiger partial charge >= 0.3 is 0 Å². The smallest absolute Gasteiger partial charge is 0.239 e. The second-order valence-electron chi connectivity index (χ2n) is 6.24. The molecule has 4 heteroatoms. The van der Waals surface area contributed by atoms with E-state index in [0.29, 0.717) is 11.9 Å². The van der Waals surface area contributed by atoms with Gasteiger partial charge in [-0.3, -0.25) is 9.69 Å². The lowest BCUT2D eigenvalue weighted by molar-refractivity contribution is -0.136. The fourth-order valence-electron chi connectivity index (χ4n) is 3.95. The van der Waals surface area contributed by atoms with Crippen LogP contribution in [0.2, 0.25) is 0 Å². The molecule has 3 atom stereocenters. The lowest BCUT2D eigenvalue weighted by Gasteiger charge is -2.38. The maximum absolute atomic E-state index is 12.6. The monoisotopic (exact) mass is 281 g/mol. The van der Waals surface area contributed by atoms with Gasteiger partial charge in [0.1, 0.15) is 0 Å². The molecule has 0 spiro atoms. The van der Waals surface area contributed by atoms with E-state index in [9.17, 15) is 4.79 Å². The zero-order valence-electron chi connectivity index (χ0n) is 13.4. The molecule has 1 amide bonds. The number of piperidine rings is 1. The van der Waals surface area contributed by atoms with Gasteiger partial charge in [-0.2, -0.15) is 0 Å². The van der Waals surface area contributed by atoms with Gasteiger partial charge in [0.05, 0.1) is 6.04 Å². The van der Waals surface area contributed by atoms with Gasteiger partial charge in [-0.1, -0.05) is 0 Å². The zero-order valence-corrected chi connectivity index (χ0v) is 13.4. The van der Waals surface area contributed by atoms with Crippen LogP contribution in [0.5, 0.6) is 0 Å². The molecule has 20 heavy (non-hydrogen) atoms. The van der Waals surface area contributed by atoms with Crippen molar-refractivity contribution in [2.75, 3.05) is 32.7 Å². The largest absolute Gasteiger partial charge is 0.342 e. The Hall–Kier alpha value is -0.610. The van der Waals surface area contributed by atoms with Crippen LogP contribution in [0.25, 0.3) is 0 Å². The minimum Gasteiger partial charge on any atom is -0.342 e. The normalized spacial score (nSPS) is 29.4. The summed E-state index contributed by atoms with van der Waals surface area (Å²) < 4.78 is 0. The highest BCUT2D eigenvalue weighted by atomic mass is 16.2. The van der Waals surface area contributed by atoms with Gasteiger partial charge in [0.15, 0.2) is 0 Å². The Balaban J connectivity index is 2.00. The van der Waals surface area contributed by atoms with Crippen molar-refractivity contribution in [3.63, 3.8) is 0 Å². The van der Waals surface area contributed by atoms with Gasteiger partial charge in [-0.15, -0.1) is 0 Å². The van der Waals surface area contributed by atoms with Crippen molar-refractivity contribution >= 4 is 5.91 Å². The fourth-order valence-corrected chi connectivity index (χ4v) is 3.95. The van der Waals surface area contributed by atoms with E-state index in [2.05, 4.69) is 31.0 Å². The number of nitrogens with zero attached hydrogens (tertiary/aromatic N) is 2. The number of nitrogens with one attached hydrogen (secondary N) is 1. The number of likely N-dealkylation sites (N-methyl/N-ethyl adjacent to an activating group) is 1. The van der Waals surface area contributed by atoms with Crippen LogP contribution in [0.15, 0.2) is 0 Å². The van der Waals surface area contributed by atoms with E-state index in [0.717, 1.165) is 38.6 Å². The number of rotatable bonds is 5. The van der Waals surface area contributed by atoms with Gasteiger partial charge in [0.25, 0.3) is 0 Å². The third-order valence-corrected chi connectivity index (χ3v) is 5.15. The highest BCUT2D eigenvalue weighted by molar-refractivity contribution is 5.81. The molecule has 0 aromatic carbocycles. The molecule has 1 N–H and O–H groups in total. The van der Waals surface area contributed by atoms with Crippen molar-refractivity contribution in [3.05, 3.63) is 0 Å². The lowest BCUT2D eigenvalue weighted by Crippen LogP contribution is -2.52. The number of hydrogen-bond acceptors (Lipinski definition) is 3. The standard InChI is InChI=1S/C16H31N3O/c1-4-18(5-2)16(20)13(3)19-11-7-9-15(19)14-8-6-10-17-12-14/h13-15,17H,4-12H2,1-3H3. The quantitative estimate of drug-likeness (QED) is 0.833. The first-order valence-corrected chi connectivity index (χ1v) is 8.44. The molecule has 2 aliphatic rings. The predicted molar refractivity (Wildman–Crippen MR) is 82.7 cm³/mol. The van der Waals surface area contributed by atoms with Crippen molar-refractivity contribution in [1.82, 2.24) is 15.1 Å². The first-order valence-electron chi connectivity index (χ1n) is 8.44. The van der Waals surface area contributed by atoms with Gasteiger partial charge < -0.3 is 10.2 Å². The topological polar surface area (TPSA) is 35.6 Å². The van der Waals surface area contributed by atoms with E-state index in [-0.39, 0.29) is 6.04 Å². The maximum atomic E-state index is 12.6. The molecule has 2 aliphatic heterocycles. The summed E-state index contributed by atoms with van der Waals surface area (Å²) in [6.07, 6.45) is 5.12. The van der Waals surface area contributed by atoms with Gasteiger partial charge in [-0.25, -0.2) is 0 Å². The predicted octanol–water partition coefficient (Wildman–Crippen LogP) is 1.71. The molecule has 0 saturated carbocycles. The van der Waals surface area contributed by atoms with Crippen LogP contribution < -0.4 is 5.32 Å². The number of likely N-dealkylation sites (tertiary alicyclic amines) is 1. The summed E-state index contributed by atoms with van der Waals surface area (Å²) in [5.74, 6) is 1.05. The molecule has 2 heterocycles. The van der Waals surface area contributed by atoms with Crippen LogP contribution in [0.1, 0.15) is 46.5 Å². The molecule has 0 aliphatic carbocycles. The molecular weight excluding hydrogens is 250 g/mol. The second kappa shape index (κ2) is 7.41. The Kier molecular flexibility index (Phi) is 5.85. The third kappa shape index (κ3) is 3.34. The van der Waals surface area contributed by atoms with Crippen LogP contribution in [0.3, 0.4) is 0 Å². The summed E-state index contributed by atoms with van der Waals surface area (Å²) in [5, 5.41) is 3.52. The highest BCUT2D eigenvalue weighted by Gasteiger charge is 2.37. The van der Waals surface area contributed by atoms with Crippen molar-refractivity contribution in [1.29, 1.82) is 0 Å². The molecule has 116 valence electrons.